The lowest BCUT2D eigenvalue weighted by atomic mass is 10.1. The van der Waals surface area contributed by atoms with Crippen LogP contribution < -0.4 is 11.1 Å². The third kappa shape index (κ3) is 2.53. The maximum absolute atomic E-state index is 13.5. The first-order valence-electron chi connectivity index (χ1n) is 5.64. The highest BCUT2D eigenvalue weighted by molar-refractivity contribution is 5.92. The van der Waals surface area contributed by atoms with E-state index in [0.29, 0.717) is 12.2 Å². The number of rotatable bonds is 4. The maximum atomic E-state index is 13.5. The van der Waals surface area contributed by atoms with Gasteiger partial charge in [0.05, 0.1) is 30.2 Å². The van der Waals surface area contributed by atoms with Crippen LogP contribution in [0.1, 0.15) is 16.8 Å². The predicted octanol–water partition coefficient (Wildman–Crippen LogP) is 1.40. The van der Waals surface area contributed by atoms with E-state index in [-0.39, 0.29) is 17.4 Å². The summed E-state index contributed by atoms with van der Waals surface area (Å²) < 4.78 is 23.3. The molecule has 5 nitrogen and oxygen atoms in total. The number of nitrogen functional groups attached to an aromatic ring is 1. The summed E-state index contributed by atoms with van der Waals surface area (Å²) in [5.74, 6) is -1.42. The first-order valence-corrected chi connectivity index (χ1v) is 5.64. The molecule has 3 N–H and O–H groups in total. The van der Waals surface area contributed by atoms with Crippen molar-refractivity contribution in [3.05, 3.63) is 23.5 Å². The molecule has 18 heavy (non-hydrogen) atoms. The van der Waals surface area contributed by atoms with E-state index in [1.54, 1.807) is 0 Å². The average molecular weight is 254 g/mol. The molecule has 1 aromatic rings. The second-order valence-corrected chi connectivity index (χ2v) is 4.07. The monoisotopic (exact) mass is 254 g/mol. The Kier molecular flexibility index (Phi) is 3.66. The zero-order valence-electron chi connectivity index (χ0n) is 10.0. The Labute approximate surface area is 104 Å². The summed E-state index contributed by atoms with van der Waals surface area (Å²) in [5, 5.41) is 3.04. The van der Waals surface area contributed by atoms with Crippen molar-refractivity contribution < 1.29 is 18.7 Å². The lowest BCUT2D eigenvalue weighted by Crippen LogP contribution is -2.33. The smallest absolute Gasteiger partial charge is 0.340 e. The third-order valence-corrected chi connectivity index (χ3v) is 2.86. The number of esters is 1. The van der Waals surface area contributed by atoms with E-state index in [1.807, 2.05) is 0 Å². The largest absolute Gasteiger partial charge is 0.465 e. The van der Waals surface area contributed by atoms with Crippen LogP contribution in [0.2, 0.25) is 0 Å². The molecule has 0 amide bonds. The van der Waals surface area contributed by atoms with E-state index in [9.17, 15) is 9.18 Å². The van der Waals surface area contributed by atoms with Gasteiger partial charge < -0.3 is 20.5 Å². The zero-order valence-corrected chi connectivity index (χ0v) is 10.0. The van der Waals surface area contributed by atoms with E-state index >= 15 is 0 Å². The highest BCUT2D eigenvalue weighted by Crippen LogP contribution is 2.24. The van der Waals surface area contributed by atoms with Crippen molar-refractivity contribution in [3.8, 4) is 0 Å². The van der Waals surface area contributed by atoms with Crippen molar-refractivity contribution in [1.29, 1.82) is 0 Å². The van der Waals surface area contributed by atoms with Crippen molar-refractivity contribution in [2.45, 2.75) is 12.5 Å². The Hall–Kier alpha value is -1.82. The minimum Gasteiger partial charge on any atom is -0.465 e. The molecule has 1 saturated heterocycles. The molecule has 1 unspecified atom stereocenters. The molecule has 1 aromatic carbocycles. The summed E-state index contributed by atoms with van der Waals surface area (Å²) in [7, 11) is 1.20. The molecule has 1 fully saturated rings. The fraction of sp³-hybridized carbons (Fsp3) is 0.417. The van der Waals surface area contributed by atoms with Gasteiger partial charge in [0.1, 0.15) is 5.82 Å². The number of anilines is 2. The molecular formula is C12H15FN2O3. The summed E-state index contributed by atoms with van der Waals surface area (Å²) in [6.45, 7) is 1.34. The number of ether oxygens (including phenoxy) is 2. The van der Waals surface area contributed by atoms with Crippen molar-refractivity contribution in [3.63, 3.8) is 0 Å². The van der Waals surface area contributed by atoms with Crippen LogP contribution in [0.3, 0.4) is 0 Å². The van der Waals surface area contributed by atoms with Crippen LogP contribution in [0.25, 0.3) is 0 Å². The van der Waals surface area contributed by atoms with Crippen LogP contribution in [0.5, 0.6) is 0 Å². The van der Waals surface area contributed by atoms with Crippen LogP contribution in [-0.2, 0) is 9.47 Å². The van der Waals surface area contributed by atoms with Gasteiger partial charge in [-0.2, -0.15) is 0 Å². The summed E-state index contributed by atoms with van der Waals surface area (Å²) in [6, 6.07) is 2.46. The number of hydrogen-bond donors (Lipinski definition) is 2. The van der Waals surface area contributed by atoms with Crippen LogP contribution in [0.15, 0.2) is 12.1 Å². The minimum atomic E-state index is -0.726. The Bertz CT molecular complexity index is 461. The van der Waals surface area contributed by atoms with Crippen LogP contribution >= 0.6 is 0 Å². The van der Waals surface area contributed by atoms with Gasteiger partial charge in [0.2, 0.25) is 0 Å². The third-order valence-electron chi connectivity index (χ3n) is 2.86. The van der Waals surface area contributed by atoms with Gasteiger partial charge in [-0.3, -0.25) is 0 Å². The van der Waals surface area contributed by atoms with Gasteiger partial charge in [-0.1, -0.05) is 0 Å². The van der Waals surface area contributed by atoms with Gasteiger partial charge >= 0.3 is 5.97 Å². The van der Waals surface area contributed by atoms with E-state index in [4.69, 9.17) is 10.5 Å². The molecule has 98 valence electrons. The SMILES string of the molecule is COC(=O)c1cc(NCC2CCO2)c(N)cc1F. The molecular weight excluding hydrogens is 239 g/mol. The molecule has 0 saturated carbocycles. The molecule has 1 heterocycles. The Balaban J connectivity index is 2.15. The summed E-state index contributed by atoms with van der Waals surface area (Å²) in [4.78, 5) is 11.3. The lowest BCUT2D eigenvalue weighted by molar-refractivity contribution is -0.0410. The number of nitrogens with two attached hydrogens (primary N) is 1. The van der Waals surface area contributed by atoms with Crippen molar-refractivity contribution in [2.75, 3.05) is 31.3 Å². The van der Waals surface area contributed by atoms with E-state index in [1.165, 1.54) is 13.2 Å². The van der Waals surface area contributed by atoms with Gasteiger partial charge in [-0.25, -0.2) is 9.18 Å². The fourth-order valence-electron chi connectivity index (χ4n) is 1.68. The zero-order chi connectivity index (χ0) is 13.1. The van der Waals surface area contributed by atoms with Gasteiger partial charge in [-0.05, 0) is 18.6 Å². The van der Waals surface area contributed by atoms with Crippen molar-refractivity contribution >= 4 is 17.3 Å². The number of nitrogens with one attached hydrogen (secondary N) is 1. The summed E-state index contributed by atoms with van der Waals surface area (Å²) >= 11 is 0. The first-order chi connectivity index (χ1) is 8.61. The molecule has 0 aromatic heterocycles. The van der Waals surface area contributed by atoms with Gasteiger partial charge in [0.25, 0.3) is 0 Å². The number of carbonyl (C=O) groups is 1. The second-order valence-electron chi connectivity index (χ2n) is 4.07. The Morgan fingerprint density at radius 1 is 1.67 bits per heavy atom. The van der Waals surface area contributed by atoms with Gasteiger partial charge in [0.15, 0.2) is 0 Å². The molecule has 1 aliphatic heterocycles. The van der Waals surface area contributed by atoms with E-state index in [2.05, 4.69) is 10.1 Å². The standard InChI is InChI=1S/C12H15FN2O3/c1-17-12(16)8-4-11(10(14)5-9(8)13)15-6-7-2-3-18-7/h4-5,7,15H,2-3,6,14H2,1H3. The highest BCUT2D eigenvalue weighted by atomic mass is 19.1. The predicted molar refractivity (Wildman–Crippen MR) is 65.0 cm³/mol. The molecule has 1 aliphatic rings. The first kappa shape index (κ1) is 12.6. The molecule has 0 spiro atoms. The second kappa shape index (κ2) is 5.22. The van der Waals surface area contributed by atoms with Crippen molar-refractivity contribution in [1.82, 2.24) is 0 Å². The average Bonchev–Trinajstić information content (AvgIpc) is 2.28. The summed E-state index contributed by atoms with van der Waals surface area (Å²) in [6.07, 6.45) is 1.13. The highest BCUT2D eigenvalue weighted by Gasteiger charge is 2.19. The number of halogens is 1. The Morgan fingerprint density at radius 3 is 2.94 bits per heavy atom. The fourth-order valence-corrected chi connectivity index (χ4v) is 1.68. The molecule has 2 rings (SSSR count). The molecule has 6 heteroatoms. The Morgan fingerprint density at radius 2 is 2.39 bits per heavy atom. The normalized spacial score (nSPS) is 18.0. The number of carbonyl (C=O) groups excluding carboxylic acids is 1. The minimum absolute atomic E-state index is 0.135. The van der Waals surface area contributed by atoms with Crippen molar-refractivity contribution in [2.24, 2.45) is 0 Å². The van der Waals surface area contributed by atoms with Crippen LogP contribution in [-0.4, -0.2) is 32.3 Å². The number of methoxy groups -OCH3 is 1. The van der Waals surface area contributed by atoms with Gasteiger partial charge in [0, 0.05) is 13.2 Å². The van der Waals surface area contributed by atoms with E-state index in [0.717, 1.165) is 19.1 Å². The molecule has 0 radical (unpaired) electrons. The topological polar surface area (TPSA) is 73.6 Å². The maximum Gasteiger partial charge on any atom is 0.340 e. The quantitative estimate of drug-likeness (QED) is 0.627. The molecule has 0 aliphatic carbocycles. The molecule has 0 bridgehead atoms. The molecule has 1 atom stereocenters. The number of hydrogen-bond acceptors (Lipinski definition) is 5. The van der Waals surface area contributed by atoms with E-state index < -0.39 is 11.8 Å². The lowest BCUT2D eigenvalue weighted by Gasteiger charge is -2.27. The van der Waals surface area contributed by atoms with Gasteiger partial charge in [-0.15, -0.1) is 0 Å². The summed E-state index contributed by atoms with van der Waals surface area (Å²) in [5.41, 5.74) is 6.30. The number of benzene rings is 1. The van der Waals surface area contributed by atoms with Crippen LogP contribution in [0, 0.1) is 5.82 Å². The van der Waals surface area contributed by atoms with Crippen LogP contribution in [0.4, 0.5) is 15.8 Å².